The Labute approximate surface area is 91.8 Å². The lowest BCUT2D eigenvalue weighted by molar-refractivity contribution is 0.430. The maximum absolute atomic E-state index is 11.6. The van der Waals surface area contributed by atoms with Crippen LogP contribution in [0.2, 0.25) is 0 Å². The molecule has 0 aliphatic rings. The van der Waals surface area contributed by atoms with Crippen molar-refractivity contribution in [3.05, 3.63) is 0 Å². The second-order valence-electron chi connectivity index (χ2n) is 3.20. The minimum absolute atomic E-state index is 0.155. The second-order valence-corrected chi connectivity index (χ2v) is 5.26. The van der Waals surface area contributed by atoms with Crippen molar-refractivity contribution in [2.75, 3.05) is 25.5 Å². The van der Waals surface area contributed by atoms with E-state index in [-0.39, 0.29) is 5.92 Å². The molecule has 1 N–H and O–H groups in total. The number of hydrogen-bond donors (Lipinski definition) is 1. The SMILES string of the molecule is CCN(CC)S(=O)(=O)NCC(C)CCl. The van der Waals surface area contributed by atoms with Crippen LogP contribution in [-0.4, -0.2) is 38.2 Å². The van der Waals surface area contributed by atoms with Crippen molar-refractivity contribution >= 4 is 21.8 Å². The van der Waals surface area contributed by atoms with Gasteiger partial charge in [0, 0.05) is 25.5 Å². The first-order valence-electron chi connectivity index (χ1n) is 4.78. The van der Waals surface area contributed by atoms with Crippen molar-refractivity contribution in [1.82, 2.24) is 9.03 Å². The maximum atomic E-state index is 11.6. The molecule has 86 valence electrons. The van der Waals surface area contributed by atoms with E-state index in [0.717, 1.165) is 0 Å². The van der Waals surface area contributed by atoms with Crippen LogP contribution in [0.15, 0.2) is 0 Å². The Bertz CT molecular complexity index is 240. The van der Waals surface area contributed by atoms with Gasteiger partial charge in [0.25, 0.3) is 10.2 Å². The maximum Gasteiger partial charge on any atom is 0.279 e. The summed E-state index contributed by atoms with van der Waals surface area (Å²) in [6.07, 6.45) is 0. The van der Waals surface area contributed by atoms with Gasteiger partial charge in [0.15, 0.2) is 0 Å². The smallest absolute Gasteiger partial charge is 0.202 e. The zero-order valence-electron chi connectivity index (χ0n) is 8.96. The van der Waals surface area contributed by atoms with Gasteiger partial charge in [0.05, 0.1) is 0 Å². The molecule has 0 saturated carbocycles. The molecule has 0 saturated heterocycles. The van der Waals surface area contributed by atoms with E-state index < -0.39 is 10.2 Å². The van der Waals surface area contributed by atoms with E-state index in [0.29, 0.717) is 25.5 Å². The Morgan fingerprint density at radius 1 is 1.36 bits per heavy atom. The standard InChI is InChI=1S/C8H19ClN2O2S/c1-4-11(5-2)14(12,13)10-7-8(3)6-9/h8,10H,4-7H2,1-3H3. The molecule has 1 atom stereocenters. The largest absolute Gasteiger partial charge is 0.279 e. The summed E-state index contributed by atoms with van der Waals surface area (Å²) in [5, 5.41) is 0. The molecule has 0 aliphatic carbocycles. The molecule has 0 fully saturated rings. The van der Waals surface area contributed by atoms with Gasteiger partial charge in [-0.1, -0.05) is 20.8 Å². The van der Waals surface area contributed by atoms with Crippen LogP contribution in [0.3, 0.4) is 0 Å². The highest BCUT2D eigenvalue weighted by Gasteiger charge is 2.18. The average Bonchev–Trinajstić information content (AvgIpc) is 2.15. The van der Waals surface area contributed by atoms with E-state index in [2.05, 4.69) is 4.72 Å². The summed E-state index contributed by atoms with van der Waals surface area (Å²) in [7, 11) is -3.30. The average molecular weight is 243 g/mol. The Morgan fingerprint density at radius 3 is 2.21 bits per heavy atom. The van der Waals surface area contributed by atoms with Gasteiger partial charge >= 0.3 is 0 Å². The van der Waals surface area contributed by atoms with Crippen LogP contribution in [0.4, 0.5) is 0 Å². The summed E-state index contributed by atoms with van der Waals surface area (Å²) in [5.41, 5.74) is 0. The lowest BCUT2D eigenvalue weighted by Gasteiger charge is -2.19. The number of halogens is 1. The lowest BCUT2D eigenvalue weighted by Crippen LogP contribution is -2.42. The van der Waals surface area contributed by atoms with Gasteiger partial charge in [-0.3, -0.25) is 0 Å². The molecule has 0 aromatic rings. The fourth-order valence-electron chi connectivity index (χ4n) is 0.957. The number of hydrogen-bond acceptors (Lipinski definition) is 2. The lowest BCUT2D eigenvalue weighted by atomic mass is 10.2. The third-order valence-corrected chi connectivity index (χ3v) is 4.18. The Hall–Kier alpha value is 0.160. The zero-order valence-corrected chi connectivity index (χ0v) is 10.5. The third kappa shape index (κ3) is 4.59. The molecular formula is C8H19ClN2O2S. The molecule has 0 heterocycles. The van der Waals surface area contributed by atoms with Crippen molar-refractivity contribution in [1.29, 1.82) is 0 Å². The summed E-state index contributed by atoms with van der Waals surface area (Å²) in [5.74, 6) is 0.614. The first-order chi connectivity index (χ1) is 6.47. The van der Waals surface area contributed by atoms with E-state index in [9.17, 15) is 8.42 Å². The van der Waals surface area contributed by atoms with Crippen LogP contribution >= 0.6 is 11.6 Å². The fourth-order valence-corrected chi connectivity index (χ4v) is 2.42. The van der Waals surface area contributed by atoms with Gasteiger partial charge in [-0.05, 0) is 5.92 Å². The van der Waals surface area contributed by atoms with Gasteiger partial charge < -0.3 is 0 Å². The number of nitrogens with one attached hydrogen (secondary N) is 1. The first kappa shape index (κ1) is 14.2. The predicted octanol–water partition coefficient (Wildman–Crippen LogP) is 1.04. The minimum atomic E-state index is -3.30. The highest BCUT2D eigenvalue weighted by atomic mass is 35.5. The van der Waals surface area contributed by atoms with Crippen molar-refractivity contribution < 1.29 is 8.42 Å². The molecular weight excluding hydrogens is 224 g/mol. The molecule has 0 aliphatic heterocycles. The van der Waals surface area contributed by atoms with Crippen molar-refractivity contribution in [2.24, 2.45) is 5.92 Å². The molecule has 6 heteroatoms. The van der Waals surface area contributed by atoms with E-state index in [1.54, 1.807) is 0 Å². The van der Waals surface area contributed by atoms with Crippen LogP contribution in [0.5, 0.6) is 0 Å². The quantitative estimate of drug-likeness (QED) is 0.679. The van der Waals surface area contributed by atoms with Crippen LogP contribution in [0, 0.1) is 5.92 Å². The number of alkyl halides is 1. The van der Waals surface area contributed by atoms with Crippen molar-refractivity contribution in [3.8, 4) is 0 Å². The topological polar surface area (TPSA) is 49.4 Å². The van der Waals surface area contributed by atoms with Crippen molar-refractivity contribution in [2.45, 2.75) is 20.8 Å². The highest BCUT2D eigenvalue weighted by molar-refractivity contribution is 7.87. The Morgan fingerprint density at radius 2 is 1.86 bits per heavy atom. The summed E-state index contributed by atoms with van der Waals surface area (Å²) in [6, 6.07) is 0. The van der Waals surface area contributed by atoms with E-state index in [1.807, 2.05) is 20.8 Å². The normalized spacial score (nSPS) is 14.6. The predicted molar refractivity (Wildman–Crippen MR) is 59.7 cm³/mol. The summed E-state index contributed by atoms with van der Waals surface area (Å²) < 4.78 is 27.1. The molecule has 1 unspecified atom stereocenters. The van der Waals surface area contributed by atoms with Crippen molar-refractivity contribution in [3.63, 3.8) is 0 Å². The molecule has 0 bridgehead atoms. The fraction of sp³-hybridized carbons (Fsp3) is 1.00. The molecule has 14 heavy (non-hydrogen) atoms. The Balaban J connectivity index is 4.20. The molecule has 4 nitrogen and oxygen atoms in total. The Kier molecular flexibility index (Phi) is 6.68. The minimum Gasteiger partial charge on any atom is -0.202 e. The number of nitrogens with zero attached hydrogens (tertiary/aromatic N) is 1. The number of rotatable bonds is 7. The second kappa shape index (κ2) is 6.61. The monoisotopic (exact) mass is 242 g/mol. The highest BCUT2D eigenvalue weighted by Crippen LogP contribution is 2.00. The molecule has 0 amide bonds. The molecule has 0 spiro atoms. The van der Waals surface area contributed by atoms with Crippen LogP contribution in [0.25, 0.3) is 0 Å². The zero-order chi connectivity index (χ0) is 11.2. The van der Waals surface area contributed by atoms with Crippen LogP contribution in [0.1, 0.15) is 20.8 Å². The van der Waals surface area contributed by atoms with Crippen LogP contribution in [-0.2, 0) is 10.2 Å². The summed E-state index contributed by atoms with van der Waals surface area (Å²) >= 11 is 5.58. The summed E-state index contributed by atoms with van der Waals surface area (Å²) in [6.45, 7) is 6.89. The van der Waals surface area contributed by atoms with Crippen LogP contribution < -0.4 is 4.72 Å². The van der Waals surface area contributed by atoms with E-state index >= 15 is 0 Å². The van der Waals surface area contributed by atoms with Gasteiger partial charge in [-0.25, -0.2) is 4.72 Å². The van der Waals surface area contributed by atoms with Gasteiger partial charge in [0.2, 0.25) is 0 Å². The first-order valence-corrected chi connectivity index (χ1v) is 6.76. The van der Waals surface area contributed by atoms with Gasteiger partial charge in [-0.15, -0.1) is 11.6 Å². The molecule has 0 aromatic carbocycles. The molecule has 0 rings (SSSR count). The van der Waals surface area contributed by atoms with Gasteiger partial charge in [0.1, 0.15) is 0 Å². The van der Waals surface area contributed by atoms with Gasteiger partial charge in [-0.2, -0.15) is 12.7 Å². The molecule has 0 aromatic heterocycles. The molecule has 0 radical (unpaired) electrons. The van der Waals surface area contributed by atoms with E-state index in [1.165, 1.54) is 4.31 Å². The van der Waals surface area contributed by atoms with E-state index in [4.69, 9.17) is 11.6 Å². The summed E-state index contributed by atoms with van der Waals surface area (Å²) in [4.78, 5) is 0. The third-order valence-electron chi connectivity index (χ3n) is 1.92.